The number of nitrogens with zero attached hydrogens (tertiary/aromatic N) is 5. The van der Waals surface area contributed by atoms with Crippen molar-refractivity contribution >= 4 is 17.0 Å². The number of carbonyl (C=O) groups is 1. The zero-order valence-corrected chi connectivity index (χ0v) is 18.1. The summed E-state index contributed by atoms with van der Waals surface area (Å²) in [6, 6.07) is 8.27. The number of amides is 1. The van der Waals surface area contributed by atoms with Gasteiger partial charge in [0.15, 0.2) is 5.76 Å². The maximum Gasteiger partial charge on any atom is 0.259 e. The molecule has 0 aliphatic heterocycles. The van der Waals surface area contributed by atoms with Gasteiger partial charge in [0.05, 0.1) is 22.9 Å². The molecule has 33 heavy (non-hydrogen) atoms. The third-order valence-electron chi connectivity index (χ3n) is 5.22. The van der Waals surface area contributed by atoms with Crippen LogP contribution in [0.3, 0.4) is 0 Å². The van der Waals surface area contributed by atoms with Crippen molar-refractivity contribution in [2.75, 3.05) is 0 Å². The Labute approximate surface area is 188 Å². The minimum Gasteiger partial charge on any atom is -0.463 e. The predicted molar refractivity (Wildman–Crippen MR) is 117 cm³/mol. The molecule has 5 rings (SSSR count). The fourth-order valence-electron chi connectivity index (χ4n) is 3.53. The van der Waals surface area contributed by atoms with E-state index in [4.69, 9.17) is 13.5 Å². The SMILES string of the molecule is Cc1noc2nc(-c3ccco3)cc(C(=O)NC(c3nc(-c4cccnc4)no3)C(C)C)c12. The molecule has 0 aromatic carbocycles. The molecule has 1 N–H and O–H groups in total. The lowest BCUT2D eigenvalue weighted by molar-refractivity contribution is 0.0915. The lowest BCUT2D eigenvalue weighted by Crippen LogP contribution is -2.32. The van der Waals surface area contributed by atoms with Gasteiger partial charge in [-0.15, -0.1) is 0 Å². The first kappa shape index (κ1) is 20.6. The largest absolute Gasteiger partial charge is 0.463 e. The van der Waals surface area contributed by atoms with Crippen molar-refractivity contribution in [2.24, 2.45) is 5.92 Å². The highest BCUT2D eigenvalue weighted by Crippen LogP contribution is 2.29. The molecular formula is C23H20N6O4. The Kier molecular flexibility index (Phi) is 5.17. The zero-order valence-electron chi connectivity index (χ0n) is 18.1. The van der Waals surface area contributed by atoms with Crippen molar-refractivity contribution < 1.29 is 18.3 Å². The summed E-state index contributed by atoms with van der Waals surface area (Å²) in [7, 11) is 0. The summed E-state index contributed by atoms with van der Waals surface area (Å²) in [5.41, 5.74) is 2.37. The fourth-order valence-corrected chi connectivity index (χ4v) is 3.53. The van der Waals surface area contributed by atoms with E-state index in [1.54, 1.807) is 43.6 Å². The van der Waals surface area contributed by atoms with E-state index in [0.29, 0.717) is 39.8 Å². The molecule has 0 spiro atoms. The van der Waals surface area contributed by atoms with E-state index in [9.17, 15) is 4.79 Å². The minimum atomic E-state index is -0.522. The minimum absolute atomic E-state index is 0.0263. The van der Waals surface area contributed by atoms with Crippen LogP contribution >= 0.6 is 0 Å². The van der Waals surface area contributed by atoms with Crippen LogP contribution in [0.2, 0.25) is 0 Å². The van der Waals surface area contributed by atoms with Crippen LogP contribution < -0.4 is 5.32 Å². The normalized spacial score (nSPS) is 12.4. The number of aryl methyl sites for hydroxylation is 1. The number of fused-ring (bicyclic) bond motifs is 1. The first-order valence-corrected chi connectivity index (χ1v) is 10.4. The number of hydrogen-bond donors (Lipinski definition) is 1. The van der Waals surface area contributed by atoms with Crippen LogP contribution in [-0.2, 0) is 0 Å². The van der Waals surface area contributed by atoms with E-state index in [1.807, 2.05) is 19.9 Å². The molecule has 0 fully saturated rings. The molecule has 5 aromatic heterocycles. The van der Waals surface area contributed by atoms with Gasteiger partial charge >= 0.3 is 0 Å². The third kappa shape index (κ3) is 3.86. The average Bonchev–Trinajstić information content (AvgIpc) is 3.59. The number of hydrogen-bond acceptors (Lipinski definition) is 9. The second-order valence-electron chi connectivity index (χ2n) is 7.87. The number of nitrogens with one attached hydrogen (secondary N) is 1. The van der Waals surface area contributed by atoms with Crippen LogP contribution in [0.15, 0.2) is 62.5 Å². The summed E-state index contributed by atoms with van der Waals surface area (Å²) in [5, 5.41) is 11.6. The number of carbonyl (C=O) groups excluding carboxylic acids is 1. The van der Waals surface area contributed by atoms with Crippen LogP contribution in [0.4, 0.5) is 0 Å². The van der Waals surface area contributed by atoms with Crippen LogP contribution in [0, 0.1) is 12.8 Å². The predicted octanol–water partition coefficient (Wildman–Crippen LogP) is 4.36. The van der Waals surface area contributed by atoms with Gasteiger partial charge in [0.1, 0.15) is 11.7 Å². The van der Waals surface area contributed by atoms with Gasteiger partial charge in [0, 0.05) is 18.0 Å². The van der Waals surface area contributed by atoms with E-state index >= 15 is 0 Å². The monoisotopic (exact) mass is 444 g/mol. The van der Waals surface area contributed by atoms with E-state index in [1.165, 1.54) is 6.26 Å². The molecule has 166 valence electrons. The molecule has 5 aromatic rings. The molecule has 1 amide bonds. The second kappa shape index (κ2) is 8.30. The van der Waals surface area contributed by atoms with Gasteiger partial charge in [-0.05, 0) is 43.2 Å². The highest BCUT2D eigenvalue weighted by atomic mass is 16.5. The first-order chi connectivity index (χ1) is 16.0. The zero-order chi connectivity index (χ0) is 22.9. The van der Waals surface area contributed by atoms with Gasteiger partial charge in [-0.2, -0.15) is 4.98 Å². The number of rotatable bonds is 6. The van der Waals surface area contributed by atoms with Crippen LogP contribution in [0.5, 0.6) is 0 Å². The highest BCUT2D eigenvalue weighted by Gasteiger charge is 2.28. The Morgan fingerprint density at radius 2 is 1.97 bits per heavy atom. The van der Waals surface area contributed by atoms with E-state index in [0.717, 1.165) is 5.56 Å². The number of furan rings is 1. The highest BCUT2D eigenvalue weighted by molar-refractivity contribution is 6.07. The van der Waals surface area contributed by atoms with Gasteiger partial charge in [0.2, 0.25) is 11.7 Å². The second-order valence-corrected chi connectivity index (χ2v) is 7.87. The van der Waals surface area contributed by atoms with Crippen molar-refractivity contribution in [3.63, 3.8) is 0 Å². The summed E-state index contributed by atoms with van der Waals surface area (Å²) >= 11 is 0. The summed E-state index contributed by atoms with van der Waals surface area (Å²) in [5.74, 6) is 0.844. The smallest absolute Gasteiger partial charge is 0.259 e. The molecule has 0 aliphatic rings. The lowest BCUT2D eigenvalue weighted by atomic mass is 10.0. The van der Waals surface area contributed by atoms with Crippen LogP contribution in [0.25, 0.3) is 33.9 Å². The molecule has 0 saturated carbocycles. The van der Waals surface area contributed by atoms with Gasteiger partial charge in [-0.1, -0.05) is 24.2 Å². The Morgan fingerprint density at radius 3 is 2.70 bits per heavy atom. The molecule has 0 aliphatic carbocycles. The Bertz CT molecular complexity index is 1410. The maximum atomic E-state index is 13.5. The molecule has 0 radical (unpaired) electrons. The van der Waals surface area contributed by atoms with Crippen LogP contribution in [0.1, 0.15) is 41.8 Å². The Hall–Kier alpha value is -4.34. The molecule has 1 atom stereocenters. The molecule has 0 bridgehead atoms. The maximum absolute atomic E-state index is 13.5. The molecule has 10 heteroatoms. The molecule has 1 unspecified atom stereocenters. The van der Waals surface area contributed by atoms with Crippen molar-refractivity contribution in [3.05, 3.63) is 66.1 Å². The van der Waals surface area contributed by atoms with Crippen molar-refractivity contribution in [3.8, 4) is 22.8 Å². The van der Waals surface area contributed by atoms with Crippen molar-refractivity contribution in [1.29, 1.82) is 0 Å². The topological polar surface area (TPSA) is 133 Å². The van der Waals surface area contributed by atoms with Crippen molar-refractivity contribution in [1.82, 2.24) is 30.6 Å². The quantitative estimate of drug-likeness (QED) is 0.405. The average molecular weight is 444 g/mol. The van der Waals surface area contributed by atoms with Gasteiger partial charge in [-0.25, -0.2) is 4.98 Å². The molecule has 0 saturated heterocycles. The number of aromatic nitrogens is 5. The van der Waals surface area contributed by atoms with Gasteiger partial charge < -0.3 is 18.8 Å². The summed E-state index contributed by atoms with van der Waals surface area (Å²) in [6.07, 6.45) is 4.85. The first-order valence-electron chi connectivity index (χ1n) is 10.4. The van der Waals surface area contributed by atoms with E-state index in [-0.39, 0.29) is 17.5 Å². The van der Waals surface area contributed by atoms with Gasteiger partial charge in [-0.3, -0.25) is 9.78 Å². The van der Waals surface area contributed by atoms with Gasteiger partial charge in [0.25, 0.3) is 11.6 Å². The summed E-state index contributed by atoms with van der Waals surface area (Å²) < 4.78 is 16.3. The third-order valence-corrected chi connectivity index (χ3v) is 5.22. The summed E-state index contributed by atoms with van der Waals surface area (Å²) in [4.78, 5) is 26.5. The van der Waals surface area contributed by atoms with Crippen LogP contribution in [-0.4, -0.2) is 31.2 Å². The molecular weight excluding hydrogens is 424 g/mol. The fraction of sp³-hybridized carbons (Fsp3) is 0.217. The summed E-state index contributed by atoms with van der Waals surface area (Å²) in [6.45, 7) is 5.68. The Balaban J connectivity index is 1.50. The number of pyridine rings is 2. The van der Waals surface area contributed by atoms with Crippen molar-refractivity contribution in [2.45, 2.75) is 26.8 Å². The Morgan fingerprint density at radius 1 is 1.09 bits per heavy atom. The molecule has 5 heterocycles. The van der Waals surface area contributed by atoms with E-state index < -0.39 is 6.04 Å². The lowest BCUT2D eigenvalue weighted by Gasteiger charge is -2.19. The standard InChI is InChI=1S/C23H20N6O4/c1-12(2)19(23-27-20(29-33-23)14-6-4-8-24-11-14)26-21(30)15-10-16(17-7-5-9-31-17)25-22-18(15)13(3)28-32-22/h4-12,19H,1-3H3,(H,26,30). The molecule has 10 nitrogen and oxygen atoms in total. The van der Waals surface area contributed by atoms with E-state index in [2.05, 4.69) is 30.6 Å².